The minimum absolute atomic E-state index is 0.0705. The number of amides is 1. The highest BCUT2D eigenvalue weighted by molar-refractivity contribution is 5.96. The third-order valence-electron chi connectivity index (χ3n) is 4.16. The van der Waals surface area contributed by atoms with Gasteiger partial charge in [-0.05, 0) is 43.5 Å². The molecule has 20 heavy (non-hydrogen) atoms. The van der Waals surface area contributed by atoms with Crippen LogP contribution < -0.4 is 15.8 Å². The first-order valence-corrected chi connectivity index (χ1v) is 7.23. The minimum Gasteiger partial charge on any atom is -0.396 e. The monoisotopic (exact) mass is 275 g/mol. The van der Waals surface area contributed by atoms with Crippen LogP contribution in [0.2, 0.25) is 0 Å². The molecular formula is C15H21N3O2. The van der Waals surface area contributed by atoms with Crippen LogP contribution in [-0.2, 0) is 11.2 Å². The summed E-state index contributed by atoms with van der Waals surface area (Å²) in [6.45, 7) is 2.85. The number of hydrogen-bond acceptors (Lipinski definition) is 4. The Morgan fingerprint density at radius 2 is 2.30 bits per heavy atom. The van der Waals surface area contributed by atoms with Gasteiger partial charge in [0.25, 0.3) is 0 Å². The zero-order chi connectivity index (χ0) is 14.1. The Balaban J connectivity index is 1.84. The van der Waals surface area contributed by atoms with Gasteiger partial charge in [0.15, 0.2) is 0 Å². The van der Waals surface area contributed by atoms with Gasteiger partial charge in [-0.1, -0.05) is 0 Å². The largest absolute Gasteiger partial charge is 0.396 e. The summed E-state index contributed by atoms with van der Waals surface area (Å²) in [7, 11) is 0. The van der Waals surface area contributed by atoms with Crippen molar-refractivity contribution in [3.05, 3.63) is 23.8 Å². The Bertz CT molecular complexity index is 518. The molecule has 2 heterocycles. The van der Waals surface area contributed by atoms with Gasteiger partial charge in [0, 0.05) is 37.2 Å². The van der Waals surface area contributed by atoms with Crippen molar-refractivity contribution in [1.29, 1.82) is 0 Å². The van der Waals surface area contributed by atoms with Gasteiger partial charge in [-0.25, -0.2) is 5.43 Å². The SMILES string of the molecule is CC1CCc2cc(N3CC(CO)CC3=O)ccc2NN1. The van der Waals surface area contributed by atoms with E-state index in [9.17, 15) is 9.90 Å². The van der Waals surface area contributed by atoms with E-state index < -0.39 is 0 Å². The van der Waals surface area contributed by atoms with E-state index in [1.54, 1.807) is 4.90 Å². The molecule has 1 aromatic carbocycles. The predicted octanol–water partition coefficient (Wildman–Crippen LogP) is 1.28. The van der Waals surface area contributed by atoms with Crippen LogP contribution in [0.3, 0.4) is 0 Å². The molecule has 0 bridgehead atoms. The molecule has 2 atom stereocenters. The van der Waals surface area contributed by atoms with Crippen molar-refractivity contribution in [3.8, 4) is 0 Å². The van der Waals surface area contributed by atoms with Crippen molar-refractivity contribution >= 4 is 17.3 Å². The van der Waals surface area contributed by atoms with Gasteiger partial charge in [0.1, 0.15) is 0 Å². The lowest BCUT2D eigenvalue weighted by Crippen LogP contribution is -2.29. The number of aliphatic hydroxyl groups is 1. The van der Waals surface area contributed by atoms with Gasteiger partial charge in [0.2, 0.25) is 5.91 Å². The Kier molecular flexibility index (Phi) is 3.63. The van der Waals surface area contributed by atoms with Gasteiger partial charge in [0.05, 0.1) is 5.69 Å². The molecule has 5 nitrogen and oxygen atoms in total. The first-order valence-electron chi connectivity index (χ1n) is 7.23. The second kappa shape index (κ2) is 5.42. The van der Waals surface area contributed by atoms with Crippen molar-refractivity contribution < 1.29 is 9.90 Å². The molecule has 0 saturated carbocycles. The van der Waals surface area contributed by atoms with Gasteiger partial charge >= 0.3 is 0 Å². The van der Waals surface area contributed by atoms with Crippen molar-refractivity contribution in [2.45, 2.75) is 32.2 Å². The van der Waals surface area contributed by atoms with E-state index in [0.717, 1.165) is 24.2 Å². The molecular weight excluding hydrogens is 254 g/mol. The number of nitrogens with one attached hydrogen (secondary N) is 2. The van der Waals surface area contributed by atoms with Crippen molar-refractivity contribution in [2.75, 3.05) is 23.5 Å². The average molecular weight is 275 g/mol. The zero-order valence-electron chi connectivity index (χ0n) is 11.7. The number of benzene rings is 1. The smallest absolute Gasteiger partial charge is 0.227 e. The highest BCUT2D eigenvalue weighted by Crippen LogP contribution is 2.30. The number of hydrogen-bond donors (Lipinski definition) is 3. The number of aryl methyl sites for hydroxylation is 1. The molecule has 5 heteroatoms. The Morgan fingerprint density at radius 1 is 1.45 bits per heavy atom. The maximum Gasteiger partial charge on any atom is 0.227 e. The molecule has 3 N–H and O–H groups in total. The fourth-order valence-electron chi connectivity index (χ4n) is 2.88. The molecule has 1 amide bonds. The van der Waals surface area contributed by atoms with Crippen LogP contribution in [0, 0.1) is 5.92 Å². The molecule has 0 aromatic heterocycles. The quantitative estimate of drug-likeness (QED) is 0.761. The maximum absolute atomic E-state index is 12.0. The lowest BCUT2D eigenvalue weighted by molar-refractivity contribution is -0.117. The predicted molar refractivity (Wildman–Crippen MR) is 78.5 cm³/mol. The summed E-state index contributed by atoms with van der Waals surface area (Å²) in [5, 5.41) is 9.21. The van der Waals surface area contributed by atoms with E-state index in [0.29, 0.717) is 19.0 Å². The molecule has 0 aliphatic carbocycles. The van der Waals surface area contributed by atoms with Gasteiger partial charge in [-0.2, -0.15) is 0 Å². The van der Waals surface area contributed by atoms with Crippen molar-refractivity contribution in [3.63, 3.8) is 0 Å². The molecule has 0 spiro atoms. The third kappa shape index (κ3) is 2.51. The number of anilines is 2. The normalized spacial score (nSPS) is 26.1. The summed E-state index contributed by atoms with van der Waals surface area (Å²) in [6.07, 6.45) is 2.51. The average Bonchev–Trinajstić information content (AvgIpc) is 2.74. The summed E-state index contributed by atoms with van der Waals surface area (Å²) >= 11 is 0. The van der Waals surface area contributed by atoms with Crippen LogP contribution in [0.4, 0.5) is 11.4 Å². The summed E-state index contributed by atoms with van der Waals surface area (Å²) < 4.78 is 0. The molecule has 2 aliphatic rings. The van der Waals surface area contributed by atoms with E-state index in [2.05, 4.69) is 23.8 Å². The van der Waals surface area contributed by atoms with Crippen LogP contribution in [0.1, 0.15) is 25.3 Å². The van der Waals surface area contributed by atoms with Crippen LogP contribution in [-0.4, -0.2) is 30.2 Å². The number of nitrogens with zero attached hydrogens (tertiary/aromatic N) is 1. The Labute approximate surface area is 118 Å². The second-order valence-corrected chi connectivity index (χ2v) is 5.81. The van der Waals surface area contributed by atoms with E-state index in [4.69, 9.17) is 0 Å². The molecule has 1 saturated heterocycles. The lowest BCUT2D eigenvalue weighted by atomic mass is 10.0. The summed E-state index contributed by atoms with van der Waals surface area (Å²) in [6, 6.07) is 6.52. The standard InChI is InChI=1S/C15H21N3O2/c1-10-2-3-12-7-13(4-5-14(12)17-16-10)18-8-11(9-19)6-15(18)20/h4-5,7,10-11,16-17,19H,2-3,6,8-9H2,1H3. The summed E-state index contributed by atoms with van der Waals surface area (Å²) in [5.74, 6) is 0.179. The molecule has 3 rings (SSSR count). The summed E-state index contributed by atoms with van der Waals surface area (Å²) in [4.78, 5) is 13.8. The molecule has 1 aromatic rings. The number of carbonyl (C=O) groups excluding carboxylic acids is 1. The van der Waals surface area contributed by atoms with Crippen molar-refractivity contribution in [1.82, 2.24) is 5.43 Å². The van der Waals surface area contributed by atoms with E-state index in [-0.39, 0.29) is 18.4 Å². The lowest BCUT2D eigenvalue weighted by Gasteiger charge is -2.18. The number of carbonyl (C=O) groups is 1. The Hall–Kier alpha value is -1.59. The number of hydrazine groups is 1. The van der Waals surface area contributed by atoms with Gasteiger partial charge in [-0.15, -0.1) is 0 Å². The summed E-state index contributed by atoms with van der Waals surface area (Å²) in [5.41, 5.74) is 9.75. The molecule has 108 valence electrons. The van der Waals surface area contributed by atoms with E-state index in [1.807, 2.05) is 12.1 Å². The highest BCUT2D eigenvalue weighted by atomic mass is 16.3. The third-order valence-corrected chi connectivity index (χ3v) is 4.16. The van der Waals surface area contributed by atoms with Crippen LogP contribution >= 0.6 is 0 Å². The Morgan fingerprint density at radius 3 is 3.05 bits per heavy atom. The number of fused-ring (bicyclic) bond motifs is 1. The first kappa shape index (κ1) is 13.4. The van der Waals surface area contributed by atoms with E-state index in [1.165, 1.54) is 5.56 Å². The fraction of sp³-hybridized carbons (Fsp3) is 0.533. The molecule has 2 aliphatic heterocycles. The van der Waals surface area contributed by atoms with E-state index >= 15 is 0 Å². The fourth-order valence-corrected chi connectivity index (χ4v) is 2.88. The zero-order valence-corrected chi connectivity index (χ0v) is 11.7. The maximum atomic E-state index is 12.0. The van der Waals surface area contributed by atoms with Crippen LogP contribution in [0.15, 0.2) is 18.2 Å². The molecule has 1 fully saturated rings. The van der Waals surface area contributed by atoms with Gasteiger partial charge in [-0.3, -0.25) is 4.79 Å². The topological polar surface area (TPSA) is 64.6 Å². The molecule has 2 unspecified atom stereocenters. The number of rotatable bonds is 2. The first-order chi connectivity index (χ1) is 9.67. The number of aliphatic hydroxyl groups excluding tert-OH is 1. The van der Waals surface area contributed by atoms with Crippen molar-refractivity contribution in [2.24, 2.45) is 5.92 Å². The minimum atomic E-state index is 0.0705. The van der Waals surface area contributed by atoms with Gasteiger partial charge < -0.3 is 15.4 Å². The van der Waals surface area contributed by atoms with Crippen LogP contribution in [0.25, 0.3) is 0 Å². The van der Waals surface area contributed by atoms with Crippen LogP contribution in [0.5, 0.6) is 0 Å². The highest BCUT2D eigenvalue weighted by Gasteiger charge is 2.30. The molecule has 0 radical (unpaired) electrons. The second-order valence-electron chi connectivity index (χ2n) is 5.81.